The first-order valence-electron chi connectivity index (χ1n) is 4.38. The number of aromatic nitrogens is 1. The summed E-state index contributed by atoms with van der Waals surface area (Å²) in [6.45, 7) is 0. The largest absolute Gasteiger partial charge is 0.398 e. The van der Waals surface area contributed by atoms with Crippen molar-refractivity contribution in [3.63, 3.8) is 0 Å². The monoisotopic (exact) mass is 209 g/mol. The van der Waals surface area contributed by atoms with Crippen molar-refractivity contribution in [3.8, 4) is 0 Å². The third kappa shape index (κ3) is 1.45. The Morgan fingerprint density at radius 1 is 1.50 bits per heavy atom. The van der Waals surface area contributed by atoms with Gasteiger partial charge in [0, 0.05) is 18.1 Å². The summed E-state index contributed by atoms with van der Waals surface area (Å²) in [4.78, 5) is 2.97. The molecule has 2 rings (SSSR count). The molecule has 0 aromatic carbocycles. The minimum Gasteiger partial charge on any atom is -0.398 e. The van der Waals surface area contributed by atoms with Crippen LogP contribution in [0.5, 0.6) is 0 Å². The van der Waals surface area contributed by atoms with E-state index in [9.17, 15) is 0 Å². The Bertz CT molecular complexity index is 392. The van der Waals surface area contributed by atoms with E-state index in [-0.39, 0.29) is 0 Å². The summed E-state index contributed by atoms with van der Waals surface area (Å²) in [6.07, 6.45) is 8.04. The van der Waals surface area contributed by atoms with Gasteiger partial charge in [-0.05, 0) is 24.1 Å². The van der Waals surface area contributed by atoms with Crippen LogP contribution in [-0.4, -0.2) is 4.98 Å². The van der Waals surface area contributed by atoms with E-state index in [1.807, 2.05) is 24.5 Å². The Balaban J connectivity index is 2.38. The van der Waals surface area contributed by atoms with Crippen molar-refractivity contribution in [2.75, 3.05) is 0 Å². The molecule has 74 valence electrons. The highest BCUT2D eigenvalue weighted by Crippen LogP contribution is 2.32. The number of H-pyrrole nitrogens is 1. The van der Waals surface area contributed by atoms with Gasteiger partial charge in [-0.15, -0.1) is 0 Å². The lowest BCUT2D eigenvalue weighted by atomic mass is 9.86. The highest BCUT2D eigenvalue weighted by molar-refractivity contribution is 6.32. The van der Waals surface area contributed by atoms with Crippen LogP contribution in [0.15, 0.2) is 41.3 Å². The van der Waals surface area contributed by atoms with Crippen molar-refractivity contribution in [1.29, 1.82) is 0 Å². The van der Waals surface area contributed by atoms with Crippen LogP contribution in [0.4, 0.5) is 0 Å². The molecule has 0 aliphatic heterocycles. The Kier molecular flexibility index (Phi) is 2.13. The second kappa shape index (κ2) is 3.19. The van der Waals surface area contributed by atoms with Gasteiger partial charge in [0.05, 0.1) is 10.6 Å². The molecule has 1 aromatic heterocycles. The van der Waals surface area contributed by atoms with Gasteiger partial charge in [0.15, 0.2) is 0 Å². The predicted octanol–water partition coefficient (Wildman–Crippen LogP) is 1.54. The summed E-state index contributed by atoms with van der Waals surface area (Å²) < 4.78 is 0. The molecule has 4 heteroatoms. The molecule has 0 saturated carbocycles. The quantitative estimate of drug-likeness (QED) is 0.657. The minimum atomic E-state index is -0.528. The van der Waals surface area contributed by atoms with Gasteiger partial charge in [0.2, 0.25) is 0 Å². The Morgan fingerprint density at radius 2 is 2.29 bits per heavy atom. The molecular formula is C10H12ClN3. The fraction of sp³-hybridized carbons (Fsp3) is 0.200. The number of hydrogen-bond donors (Lipinski definition) is 3. The normalized spacial score (nSPS) is 27.0. The molecule has 0 bridgehead atoms. The Labute approximate surface area is 87.4 Å². The van der Waals surface area contributed by atoms with Gasteiger partial charge in [-0.3, -0.25) is 0 Å². The molecule has 1 aromatic rings. The molecule has 0 fully saturated rings. The molecule has 1 heterocycles. The lowest BCUT2D eigenvalue weighted by Crippen LogP contribution is -2.35. The van der Waals surface area contributed by atoms with E-state index >= 15 is 0 Å². The van der Waals surface area contributed by atoms with E-state index in [2.05, 4.69) is 4.98 Å². The number of nitrogens with one attached hydrogen (secondary N) is 1. The summed E-state index contributed by atoms with van der Waals surface area (Å²) in [6, 6.07) is 1.94. The van der Waals surface area contributed by atoms with Gasteiger partial charge in [-0.1, -0.05) is 17.7 Å². The first kappa shape index (κ1) is 9.37. The van der Waals surface area contributed by atoms with Gasteiger partial charge in [-0.2, -0.15) is 0 Å². The summed E-state index contributed by atoms with van der Waals surface area (Å²) >= 11 is 5.95. The molecule has 14 heavy (non-hydrogen) atoms. The zero-order valence-electron chi connectivity index (χ0n) is 7.63. The van der Waals surface area contributed by atoms with Crippen LogP contribution in [0.3, 0.4) is 0 Å². The van der Waals surface area contributed by atoms with Crippen LogP contribution in [0.1, 0.15) is 12.0 Å². The first-order chi connectivity index (χ1) is 6.62. The molecular weight excluding hydrogens is 198 g/mol. The molecule has 3 nitrogen and oxygen atoms in total. The molecule has 0 amide bonds. The van der Waals surface area contributed by atoms with Gasteiger partial charge in [0.1, 0.15) is 0 Å². The fourth-order valence-corrected chi connectivity index (χ4v) is 1.83. The van der Waals surface area contributed by atoms with Crippen LogP contribution >= 0.6 is 11.6 Å². The molecule has 1 atom stereocenters. The summed E-state index contributed by atoms with van der Waals surface area (Å²) in [5.41, 5.74) is 12.9. The van der Waals surface area contributed by atoms with Gasteiger partial charge in [0.25, 0.3) is 0 Å². The maximum atomic E-state index is 6.20. The average Bonchev–Trinajstić information content (AvgIpc) is 2.65. The summed E-state index contributed by atoms with van der Waals surface area (Å²) in [5, 5.41) is 0.528. The van der Waals surface area contributed by atoms with Crippen molar-refractivity contribution >= 4 is 11.6 Å². The predicted molar refractivity (Wildman–Crippen MR) is 57.5 cm³/mol. The van der Waals surface area contributed by atoms with Crippen molar-refractivity contribution < 1.29 is 0 Å². The van der Waals surface area contributed by atoms with Crippen LogP contribution in [0.25, 0.3) is 0 Å². The smallest absolute Gasteiger partial charge is 0.0664 e. The summed E-state index contributed by atoms with van der Waals surface area (Å²) in [7, 11) is 0. The van der Waals surface area contributed by atoms with E-state index in [1.54, 1.807) is 6.08 Å². The number of hydrogen-bond acceptors (Lipinski definition) is 2. The number of halogens is 1. The van der Waals surface area contributed by atoms with Crippen LogP contribution in [-0.2, 0) is 5.54 Å². The van der Waals surface area contributed by atoms with E-state index < -0.39 is 5.54 Å². The Morgan fingerprint density at radius 3 is 2.86 bits per heavy atom. The molecule has 5 N–H and O–H groups in total. The highest BCUT2D eigenvalue weighted by atomic mass is 35.5. The van der Waals surface area contributed by atoms with Crippen molar-refractivity contribution in [3.05, 3.63) is 46.9 Å². The lowest BCUT2D eigenvalue weighted by molar-refractivity contribution is 0.561. The van der Waals surface area contributed by atoms with E-state index in [0.717, 1.165) is 5.56 Å². The maximum absolute atomic E-state index is 6.20. The fourth-order valence-electron chi connectivity index (χ4n) is 1.56. The van der Waals surface area contributed by atoms with Crippen LogP contribution in [0, 0.1) is 0 Å². The zero-order valence-corrected chi connectivity index (χ0v) is 8.38. The van der Waals surface area contributed by atoms with Crippen molar-refractivity contribution in [2.24, 2.45) is 11.5 Å². The van der Waals surface area contributed by atoms with Crippen molar-refractivity contribution in [2.45, 2.75) is 12.0 Å². The molecule has 1 aliphatic rings. The second-order valence-corrected chi connectivity index (χ2v) is 3.90. The third-order valence-electron chi connectivity index (χ3n) is 2.46. The summed E-state index contributed by atoms with van der Waals surface area (Å²) in [5.74, 6) is 0. The molecule has 1 unspecified atom stereocenters. The maximum Gasteiger partial charge on any atom is 0.0664 e. The molecule has 0 saturated heterocycles. The zero-order chi connectivity index (χ0) is 10.2. The van der Waals surface area contributed by atoms with Crippen molar-refractivity contribution in [1.82, 2.24) is 4.98 Å². The van der Waals surface area contributed by atoms with Gasteiger partial charge < -0.3 is 16.5 Å². The molecule has 0 spiro atoms. The van der Waals surface area contributed by atoms with E-state index in [0.29, 0.717) is 17.2 Å². The number of rotatable bonds is 1. The average molecular weight is 210 g/mol. The van der Waals surface area contributed by atoms with Gasteiger partial charge in [-0.25, -0.2) is 0 Å². The third-order valence-corrected chi connectivity index (χ3v) is 2.78. The van der Waals surface area contributed by atoms with Crippen LogP contribution < -0.4 is 11.5 Å². The molecule has 1 aliphatic carbocycles. The van der Waals surface area contributed by atoms with E-state index in [4.69, 9.17) is 23.1 Å². The Hall–Kier alpha value is -1.19. The number of aromatic amines is 1. The number of allylic oxidation sites excluding steroid dienone is 1. The van der Waals surface area contributed by atoms with Gasteiger partial charge >= 0.3 is 0 Å². The topological polar surface area (TPSA) is 67.8 Å². The number of nitrogens with two attached hydrogens (primary N) is 2. The molecule has 0 radical (unpaired) electrons. The highest BCUT2D eigenvalue weighted by Gasteiger charge is 2.27. The minimum absolute atomic E-state index is 0.528. The lowest BCUT2D eigenvalue weighted by Gasteiger charge is -2.27. The standard InChI is InChI=1S/C10H12ClN3/c11-8-5-10(13,3-1-9(8)12)7-2-4-14-6-7/h1-2,4-6,14H,3,12-13H2. The van der Waals surface area contributed by atoms with Crippen LogP contribution in [0.2, 0.25) is 0 Å². The van der Waals surface area contributed by atoms with E-state index in [1.165, 1.54) is 0 Å². The SMILES string of the molecule is NC1=CCC(N)(c2cc[nH]c2)C=C1Cl. The first-order valence-corrected chi connectivity index (χ1v) is 4.76. The second-order valence-electron chi connectivity index (χ2n) is 3.50.